The average molecular weight is 289 g/mol. The smallest absolute Gasteiger partial charge is 0.405 e. The SMILES string of the molecule is CC(C)(C)C(N)C(NC(=O)O)C(NC(=O)O)C(C)(C)C. The topological polar surface area (TPSA) is 125 Å². The maximum absolute atomic E-state index is 11.0. The van der Waals surface area contributed by atoms with E-state index in [2.05, 4.69) is 10.6 Å². The van der Waals surface area contributed by atoms with E-state index in [4.69, 9.17) is 15.9 Å². The Kier molecular flexibility index (Phi) is 5.83. The molecule has 0 aromatic heterocycles. The van der Waals surface area contributed by atoms with Crippen LogP contribution in [0.25, 0.3) is 0 Å². The molecule has 7 nitrogen and oxygen atoms in total. The van der Waals surface area contributed by atoms with E-state index in [9.17, 15) is 9.59 Å². The molecule has 6 N–H and O–H groups in total. The van der Waals surface area contributed by atoms with E-state index in [1.165, 1.54) is 0 Å². The van der Waals surface area contributed by atoms with Crippen LogP contribution < -0.4 is 16.4 Å². The fraction of sp³-hybridized carbons (Fsp3) is 0.846. The van der Waals surface area contributed by atoms with E-state index in [1.54, 1.807) is 0 Å². The molecule has 0 aliphatic carbocycles. The van der Waals surface area contributed by atoms with Crippen LogP contribution in [-0.2, 0) is 0 Å². The molecule has 0 saturated carbocycles. The van der Waals surface area contributed by atoms with Crippen molar-refractivity contribution in [3.63, 3.8) is 0 Å². The molecule has 0 aromatic carbocycles. The summed E-state index contributed by atoms with van der Waals surface area (Å²) in [6, 6.07) is -1.93. The van der Waals surface area contributed by atoms with Gasteiger partial charge in [0.15, 0.2) is 0 Å². The van der Waals surface area contributed by atoms with Gasteiger partial charge < -0.3 is 26.6 Å². The molecule has 0 bridgehead atoms. The van der Waals surface area contributed by atoms with Crippen LogP contribution in [0.1, 0.15) is 41.5 Å². The quantitative estimate of drug-likeness (QED) is 0.538. The Hall–Kier alpha value is -1.50. The Morgan fingerprint density at radius 3 is 1.55 bits per heavy atom. The number of carbonyl (C=O) groups is 2. The van der Waals surface area contributed by atoms with Gasteiger partial charge in [-0.05, 0) is 10.8 Å². The molecular weight excluding hydrogens is 262 g/mol. The van der Waals surface area contributed by atoms with Gasteiger partial charge in [-0.3, -0.25) is 0 Å². The summed E-state index contributed by atoms with van der Waals surface area (Å²) in [5.74, 6) is 0. The Balaban J connectivity index is 5.53. The second-order valence-electron chi connectivity index (χ2n) is 7.16. The van der Waals surface area contributed by atoms with Crippen LogP contribution in [0.5, 0.6) is 0 Å². The van der Waals surface area contributed by atoms with Crippen molar-refractivity contribution in [2.75, 3.05) is 0 Å². The molecule has 3 atom stereocenters. The summed E-state index contributed by atoms with van der Waals surface area (Å²) < 4.78 is 0. The second-order valence-corrected chi connectivity index (χ2v) is 7.16. The lowest BCUT2D eigenvalue weighted by Gasteiger charge is -2.43. The highest BCUT2D eigenvalue weighted by molar-refractivity contribution is 5.67. The Morgan fingerprint density at radius 2 is 1.30 bits per heavy atom. The maximum Gasteiger partial charge on any atom is 0.405 e. The lowest BCUT2D eigenvalue weighted by molar-refractivity contribution is 0.124. The standard InChI is InChI=1S/C13H27N3O4/c1-12(2,3)8(14)7(15-10(17)18)9(13(4,5)6)16-11(19)20/h7-9,15-16H,14H2,1-6H3,(H,17,18)(H,19,20). The maximum atomic E-state index is 11.0. The van der Waals surface area contributed by atoms with Crippen molar-refractivity contribution in [2.45, 2.75) is 59.7 Å². The number of nitrogens with one attached hydrogen (secondary N) is 2. The van der Waals surface area contributed by atoms with Gasteiger partial charge >= 0.3 is 12.2 Å². The van der Waals surface area contributed by atoms with E-state index in [0.717, 1.165) is 0 Å². The Labute approximate surface area is 119 Å². The molecule has 0 heterocycles. The number of nitrogens with two attached hydrogens (primary N) is 1. The van der Waals surface area contributed by atoms with Crippen LogP contribution in [-0.4, -0.2) is 40.5 Å². The third-order valence-electron chi connectivity index (χ3n) is 3.25. The second kappa shape index (κ2) is 6.30. The highest BCUT2D eigenvalue weighted by Gasteiger charge is 2.41. The summed E-state index contributed by atoms with van der Waals surface area (Å²) in [6.45, 7) is 11.1. The molecule has 2 amide bonds. The van der Waals surface area contributed by atoms with E-state index in [-0.39, 0.29) is 5.41 Å². The van der Waals surface area contributed by atoms with Crippen molar-refractivity contribution >= 4 is 12.2 Å². The van der Waals surface area contributed by atoms with Crippen molar-refractivity contribution in [2.24, 2.45) is 16.6 Å². The zero-order chi connectivity index (χ0) is 16.3. The molecule has 0 rings (SSSR count). The van der Waals surface area contributed by atoms with E-state index in [0.29, 0.717) is 0 Å². The van der Waals surface area contributed by atoms with E-state index >= 15 is 0 Å². The van der Waals surface area contributed by atoms with Gasteiger partial charge in [0.2, 0.25) is 0 Å². The fourth-order valence-corrected chi connectivity index (χ4v) is 2.04. The minimum Gasteiger partial charge on any atom is -0.465 e. The van der Waals surface area contributed by atoms with Crippen LogP contribution in [0.3, 0.4) is 0 Å². The first-order chi connectivity index (χ1) is 8.76. The predicted octanol–water partition coefficient (Wildman–Crippen LogP) is 1.68. The van der Waals surface area contributed by atoms with Crippen molar-refractivity contribution in [3.05, 3.63) is 0 Å². The number of hydrogen-bond donors (Lipinski definition) is 5. The van der Waals surface area contributed by atoms with Gasteiger partial charge in [-0.2, -0.15) is 0 Å². The minimum atomic E-state index is -1.23. The first-order valence-corrected chi connectivity index (χ1v) is 6.51. The summed E-state index contributed by atoms with van der Waals surface area (Å²) in [5.41, 5.74) is 5.29. The van der Waals surface area contributed by atoms with Crippen molar-refractivity contribution in [1.29, 1.82) is 0 Å². The normalized spacial score (nSPS) is 16.9. The number of amides is 2. The van der Waals surface area contributed by atoms with Crippen LogP contribution in [0, 0.1) is 10.8 Å². The van der Waals surface area contributed by atoms with Gasteiger partial charge in [-0.15, -0.1) is 0 Å². The van der Waals surface area contributed by atoms with Gasteiger partial charge in [0.1, 0.15) is 0 Å². The van der Waals surface area contributed by atoms with Gasteiger partial charge in [-0.25, -0.2) is 9.59 Å². The van der Waals surface area contributed by atoms with E-state index < -0.39 is 35.7 Å². The van der Waals surface area contributed by atoms with Crippen LogP contribution in [0.4, 0.5) is 9.59 Å². The molecule has 0 fully saturated rings. The fourth-order valence-electron chi connectivity index (χ4n) is 2.04. The predicted molar refractivity (Wildman–Crippen MR) is 76.8 cm³/mol. The highest BCUT2D eigenvalue weighted by atomic mass is 16.4. The van der Waals surface area contributed by atoms with Crippen LogP contribution in [0.2, 0.25) is 0 Å². The summed E-state index contributed by atoms with van der Waals surface area (Å²) >= 11 is 0. The minimum absolute atomic E-state index is 0.378. The molecule has 20 heavy (non-hydrogen) atoms. The largest absolute Gasteiger partial charge is 0.465 e. The summed E-state index contributed by atoms with van der Waals surface area (Å²) in [5, 5.41) is 22.7. The molecular formula is C13H27N3O4. The number of carboxylic acid groups (broad SMARTS) is 2. The summed E-state index contributed by atoms with van der Waals surface area (Å²) in [6.07, 6.45) is -2.43. The molecule has 0 aliphatic heterocycles. The molecule has 118 valence electrons. The highest BCUT2D eigenvalue weighted by Crippen LogP contribution is 2.28. The van der Waals surface area contributed by atoms with Crippen molar-refractivity contribution < 1.29 is 19.8 Å². The average Bonchev–Trinajstić information content (AvgIpc) is 2.18. The summed E-state index contributed by atoms with van der Waals surface area (Å²) in [7, 11) is 0. The van der Waals surface area contributed by atoms with Crippen molar-refractivity contribution in [3.8, 4) is 0 Å². The molecule has 0 spiro atoms. The monoisotopic (exact) mass is 289 g/mol. The van der Waals surface area contributed by atoms with Crippen LogP contribution >= 0.6 is 0 Å². The molecule has 0 aromatic rings. The van der Waals surface area contributed by atoms with Crippen molar-refractivity contribution in [1.82, 2.24) is 10.6 Å². The zero-order valence-corrected chi connectivity index (χ0v) is 13.0. The molecule has 0 aliphatic rings. The first-order valence-electron chi connectivity index (χ1n) is 6.51. The van der Waals surface area contributed by atoms with Crippen LogP contribution in [0.15, 0.2) is 0 Å². The van der Waals surface area contributed by atoms with E-state index in [1.807, 2.05) is 41.5 Å². The Morgan fingerprint density at radius 1 is 0.900 bits per heavy atom. The van der Waals surface area contributed by atoms with Gasteiger partial charge in [0, 0.05) is 6.04 Å². The molecule has 7 heteroatoms. The summed E-state index contributed by atoms with van der Waals surface area (Å²) in [4.78, 5) is 22.0. The molecule has 3 unspecified atom stereocenters. The lowest BCUT2D eigenvalue weighted by atomic mass is 9.73. The molecule has 0 saturated heterocycles. The number of hydrogen-bond acceptors (Lipinski definition) is 3. The van der Waals surface area contributed by atoms with Gasteiger partial charge in [-0.1, -0.05) is 41.5 Å². The Bertz CT molecular complexity index is 358. The first kappa shape index (κ1) is 18.5. The number of rotatable bonds is 4. The van der Waals surface area contributed by atoms with Gasteiger partial charge in [0.25, 0.3) is 0 Å². The lowest BCUT2D eigenvalue weighted by Crippen LogP contribution is -2.66. The zero-order valence-electron chi connectivity index (χ0n) is 13.0. The van der Waals surface area contributed by atoms with Gasteiger partial charge in [0.05, 0.1) is 12.1 Å². The molecule has 0 radical (unpaired) electrons. The third kappa shape index (κ3) is 5.64. The third-order valence-corrected chi connectivity index (χ3v) is 3.25.